The molecule has 0 bridgehead atoms. The van der Waals surface area contributed by atoms with Crippen molar-refractivity contribution >= 4 is 28.5 Å². The number of anilines is 1. The van der Waals surface area contributed by atoms with E-state index in [0.29, 0.717) is 35.8 Å². The van der Waals surface area contributed by atoms with Crippen LogP contribution in [0.15, 0.2) is 40.0 Å². The van der Waals surface area contributed by atoms with Crippen LogP contribution in [-0.2, 0) is 17.5 Å². The molecule has 0 aliphatic carbocycles. The topological polar surface area (TPSA) is 59.4 Å². The van der Waals surface area contributed by atoms with Gasteiger partial charge in [0.25, 0.3) is 0 Å². The minimum absolute atomic E-state index is 0.0613. The molecule has 0 spiro atoms. The second-order valence-electron chi connectivity index (χ2n) is 8.77. The Labute approximate surface area is 203 Å². The van der Waals surface area contributed by atoms with E-state index in [-0.39, 0.29) is 34.9 Å². The smallest absolute Gasteiger partial charge is 0.379 e. The van der Waals surface area contributed by atoms with Crippen molar-refractivity contribution in [2.45, 2.75) is 36.7 Å². The zero-order valence-electron chi connectivity index (χ0n) is 19.2. The van der Waals surface area contributed by atoms with Gasteiger partial charge in [-0.2, -0.15) is 18.2 Å². The van der Waals surface area contributed by atoms with Gasteiger partial charge < -0.3 is 15.0 Å². The van der Waals surface area contributed by atoms with Crippen molar-refractivity contribution in [2.75, 3.05) is 37.4 Å². The van der Waals surface area contributed by atoms with Crippen molar-refractivity contribution in [1.29, 1.82) is 0 Å². The molecule has 0 radical (unpaired) electrons. The summed E-state index contributed by atoms with van der Waals surface area (Å²) in [5, 5.41) is 3.53. The normalized spacial score (nSPS) is 20.8. The van der Waals surface area contributed by atoms with Gasteiger partial charge in [0.1, 0.15) is 11.6 Å². The molecule has 3 aromatic rings. The highest BCUT2D eigenvalue weighted by Crippen LogP contribution is 2.48. The maximum Gasteiger partial charge on any atom is 0.417 e. The second kappa shape index (κ2) is 9.11. The maximum absolute atomic E-state index is 14.5. The number of ether oxygens (including phenoxy) is 1. The van der Waals surface area contributed by atoms with Crippen LogP contribution in [0.1, 0.15) is 12.5 Å². The van der Waals surface area contributed by atoms with E-state index >= 15 is 0 Å². The van der Waals surface area contributed by atoms with E-state index in [9.17, 15) is 22.4 Å². The van der Waals surface area contributed by atoms with Crippen molar-refractivity contribution in [2.24, 2.45) is 0 Å². The molecule has 0 amide bonds. The number of nitrogens with one attached hydrogen (secondary N) is 1. The van der Waals surface area contributed by atoms with Gasteiger partial charge in [-0.1, -0.05) is 12.1 Å². The van der Waals surface area contributed by atoms with Gasteiger partial charge in [0.05, 0.1) is 23.7 Å². The Balaban J connectivity index is 1.91. The SMILES string of the molecule is CO[C@H]1CSc2c(-c3ccc(F)cc3)c(C(F)(F)F)cc3c(N4CCNC[C@@H]4C)nc(=O)n(c23)C1. The van der Waals surface area contributed by atoms with Gasteiger partial charge in [0.15, 0.2) is 0 Å². The first-order valence-corrected chi connectivity index (χ1v) is 12.2. The Bertz CT molecular complexity index is 1330. The number of thioether (sulfide) groups is 1. The monoisotopic (exact) mass is 508 g/mol. The van der Waals surface area contributed by atoms with Crippen LogP contribution >= 0.6 is 11.8 Å². The number of piperazine rings is 1. The van der Waals surface area contributed by atoms with Crippen molar-refractivity contribution in [1.82, 2.24) is 14.9 Å². The fraction of sp³-hybridized carbons (Fsp3) is 0.417. The van der Waals surface area contributed by atoms with Gasteiger partial charge in [0, 0.05) is 54.4 Å². The van der Waals surface area contributed by atoms with Gasteiger partial charge in [-0.3, -0.25) is 4.57 Å². The lowest BCUT2D eigenvalue weighted by Crippen LogP contribution is -2.51. The Morgan fingerprint density at radius 2 is 1.97 bits per heavy atom. The summed E-state index contributed by atoms with van der Waals surface area (Å²) in [5.74, 6) is 0.0583. The molecular formula is C24H24F4N4O2S. The third kappa shape index (κ3) is 4.30. The summed E-state index contributed by atoms with van der Waals surface area (Å²) in [6.45, 7) is 3.88. The van der Waals surface area contributed by atoms with Crippen molar-refractivity contribution in [3.63, 3.8) is 0 Å². The van der Waals surface area contributed by atoms with E-state index in [0.717, 1.165) is 18.2 Å². The highest BCUT2D eigenvalue weighted by atomic mass is 32.2. The number of benzene rings is 2. The van der Waals surface area contributed by atoms with E-state index in [2.05, 4.69) is 10.3 Å². The number of methoxy groups -OCH3 is 1. The molecule has 0 saturated carbocycles. The summed E-state index contributed by atoms with van der Waals surface area (Å²) in [6.07, 6.45) is -5.08. The van der Waals surface area contributed by atoms with E-state index in [1.807, 2.05) is 11.8 Å². The van der Waals surface area contributed by atoms with Crippen LogP contribution in [0.5, 0.6) is 0 Å². The molecular weight excluding hydrogens is 484 g/mol. The Morgan fingerprint density at radius 1 is 1.23 bits per heavy atom. The molecule has 2 aliphatic heterocycles. The number of alkyl halides is 3. The van der Waals surface area contributed by atoms with E-state index in [1.165, 1.54) is 35.6 Å². The molecule has 1 saturated heterocycles. The predicted molar refractivity (Wildman–Crippen MR) is 128 cm³/mol. The summed E-state index contributed by atoms with van der Waals surface area (Å²) in [6, 6.07) is 5.99. The van der Waals surface area contributed by atoms with Gasteiger partial charge >= 0.3 is 11.9 Å². The summed E-state index contributed by atoms with van der Waals surface area (Å²) >= 11 is 1.22. The molecule has 186 valence electrons. The van der Waals surface area contributed by atoms with Gasteiger partial charge in [-0.15, -0.1) is 11.8 Å². The lowest BCUT2D eigenvalue weighted by atomic mass is 9.96. The van der Waals surface area contributed by atoms with Crippen LogP contribution in [0, 0.1) is 5.82 Å². The summed E-state index contributed by atoms with van der Waals surface area (Å²) in [7, 11) is 1.51. The van der Waals surface area contributed by atoms with Gasteiger partial charge in [-0.25, -0.2) is 9.18 Å². The zero-order valence-corrected chi connectivity index (χ0v) is 20.0. The Hall–Kier alpha value is -2.63. The minimum atomic E-state index is -4.69. The number of rotatable bonds is 3. The number of halogens is 4. The number of nitrogens with zero attached hydrogens (tertiary/aromatic N) is 3. The summed E-state index contributed by atoms with van der Waals surface area (Å²) in [5.41, 5.74) is -0.806. The second-order valence-corrected chi connectivity index (χ2v) is 9.80. The average Bonchev–Trinajstić information content (AvgIpc) is 3.02. The highest BCUT2D eigenvalue weighted by Gasteiger charge is 2.38. The van der Waals surface area contributed by atoms with Crippen LogP contribution in [0.25, 0.3) is 22.0 Å². The predicted octanol–water partition coefficient (Wildman–Crippen LogP) is 4.14. The van der Waals surface area contributed by atoms with Crippen molar-refractivity contribution in [3.05, 3.63) is 52.2 Å². The lowest BCUT2D eigenvalue weighted by molar-refractivity contribution is -0.137. The molecule has 1 aromatic heterocycles. The highest BCUT2D eigenvalue weighted by molar-refractivity contribution is 7.99. The third-order valence-corrected chi connectivity index (χ3v) is 7.77. The molecule has 1 N–H and O–H groups in total. The molecule has 35 heavy (non-hydrogen) atoms. The third-order valence-electron chi connectivity index (χ3n) is 6.54. The fourth-order valence-electron chi connectivity index (χ4n) is 4.78. The van der Waals surface area contributed by atoms with Crippen LogP contribution < -0.4 is 15.9 Å². The Morgan fingerprint density at radius 3 is 2.63 bits per heavy atom. The van der Waals surface area contributed by atoms with Crippen molar-refractivity contribution < 1.29 is 22.3 Å². The first kappa shape index (κ1) is 24.1. The molecule has 5 rings (SSSR count). The minimum Gasteiger partial charge on any atom is -0.379 e. The van der Waals surface area contributed by atoms with Crippen molar-refractivity contribution in [3.8, 4) is 11.1 Å². The zero-order chi connectivity index (χ0) is 24.9. The molecule has 2 aromatic carbocycles. The summed E-state index contributed by atoms with van der Waals surface area (Å²) < 4.78 is 64.2. The molecule has 0 unspecified atom stereocenters. The average molecular weight is 509 g/mol. The van der Waals surface area contributed by atoms with Crippen LogP contribution in [0.2, 0.25) is 0 Å². The van der Waals surface area contributed by atoms with Crippen LogP contribution in [0.4, 0.5) is 23.4 Å². The first-order valence-electron chi connectivity index (χ1n) is 11.3. The molecule has 3 heterocycles. The van der Waals surface area contributed by atoms with Gasteiger partial charge in [0.2, 0.25) is 0 Å². The molecule has 11 heteroatoms. The Kier molecular flexibility index (Phi) is 6.27. The quantitative estimate of drug-likeness (QED) is 0.537. The van der Waals surface area contributed by atoms with E-state index in [4.69, 9.17) is 4.74 Å². The maximum atomic E-state index is 14.5. The molecule has 6 nitrogen and oxygen atoms in total. The van der Waals surface area contributed by atoms with E-state index in [1.54, 1.807) is 0 Å². The van der Waals surface area contributed by atoms with Gasteiger partial charge in [-0.05, 0) is 30.7 Å². The number of hydrogen-bond donors (Lipinski definition) is 1. The molecule has 2 aliphatic rings. The summed E-state index contributed by atoms with van der Waals surface area (Å²) in [4.78, 5) is 19.8. The largest absolute Gasteiger partial charge is 0.417 e. The van der Waals surface area contributed by atoms with Crippen LogP contribution in [-0.4, -0.2) is 54.2 Å². The van der Waals surface area contributed by atoms with Crippen LogP contribution in [0.3, 0.4) is 0 Å². The molecule has 1 fully saturated rings. The number of aromatic nitrogens is 2. The van der Waals surface area contributed by atoms with E-state index < -0.39 is 29.4 Å². The standard InChI is InChI=1S/C24H24F4N4O2S/c1-13-10-29-7-8-31(13)22-17-9-18(24(26,27)28)19(14-3-5-15(25)6-4-14)21-20(17)32(23(33)30-22)11-16(34-2)12-35-21/h3-6,9,13,16,29H,7-8,10-12H2,1-2H3/t13-,16+/m0/s1. The first-order chi connectivity index (χ1) is 16.7. The number of hydrogen-bond acceptors (Lipinski definition) is 6. The molecule has 2 atom stereocenters. The lowest BCUT2D eigenvalue weighted by Gasteiger charge is -2.36. The fourth-order valence-corrected chi connectivity index (χ4v) is 6.10.